The monoisotopic (exact) mass is 524 g/mol. The van der Waals surface area contributed by atoms with Crippen LogP contribution in [0, 0.1) is 5.92 Å². The number of guanidine groups is 1. The average Bonchev–Trinajstić information content (AvgIpc) is 3.14. The molecule has 160 valence electrons. The van der Waals surface area contributed by atoms with Crippen molar-refractivity contribution in [3.8, 4) is 0 Å². The van der Waals surface area contributed by atoms with E-state index >= 15 is 0 Å². The third-order valence-electron chi connectivity index (χ3n) is 4.46. The van der Waals surface area contributed by atoms with Gasteiger partial charge < -0.3 is 15.0 Å². The second-order valence-electron chi connectivity index (χ2n) is 6.63. The molecule has 9 heteroatoms. The number of benzene rings is 1. The SMILES string of the molecule is CCNC(=NCCNS(=O)(=O)CC)N1CCC(COCc2ccccc2)C1.I. The normalized spacial score (nSPS) is 17.4. The molecule has 0 bridgehead atoms. The molecule has 0 amide bonds. The van der Waals surface area contributed by atoms with Crippen LogP contribution in [-0.4, -0.2) is 64.4 Å². The number of nitrogens with one attached hydrogen (secondary N) is 2. The van der Waals surface area contributed by atoms with Gasteiger partial charge in [0.1, 0.15) is 0 Å². The van der Waals surface area contributed by atoms with Gasteiger partial charge in [-0.1, -0.05) is 30.3 Å². The minimum absolute atomic E-state index is 0. The Morgan fingerprint density at radius 3 is 2.71 bits per heavy atom. The first-order chi connectivity index (χ1) is 13.0. The molecule has 0 radical (unpaired) electrons. The predicted octanol–water partition coefficient (Wildman–Crippen LogP) is 2.05. The Bertz CT molecular complexity index is 686. The highest BCUT2D eigenvalue weighted by molar-refractivity contribution is 14.0. The summed E-state index contributed by atoms with van der Waals surface area (Å²) < 4.78 is 31.4. The highest BCUT2D eigenvalue weighted by Gasteiger charge is 2.25. The van der Waals surface area contributed by atoms with E-state index in [0.29, 0.717) is 25.6 Å². The number of rotatable bonds is 10. The zero-order valence-corrected chi connectivity index (χ0v) is 19.9. The van der Waals surface area contributed by atoms with Gasteiger partial charge in [0.05, 0.1) is 25.5 Å². The summed E-state index contributed by atoms with van der Waals surface area (Å²) in [5.74, 6) is 1.42. The number of ether oxygens (including phenoxy) is 1. The number of hydrogen-bond acceptors (Lipinski definition) is 4. The fourth-order valence-electron chi connectivity index (χ4n) is 2.97. The summed E-state index contributed by atoms with van der Waals surface area (Å²) >= 11 is 0. The van der Waals surface area contributed by atoms with Crippen molar-refractivity contribution >= 4 is 40.0 Å². The van der Waals surface area contributed by atoms with E-state index in [9.17, 15) is 8.42 Å². The molecule has 1 atom stereocenters. The highest BCUT2D eigenvalue weighted by atomic mass is 127. The van der Waals surface area contributed by atoms with E-state index in [-0.39, 0.29) is 29.7 Å². The number of aliphatic imine (C=N–C) groups is 1. The van der Waals surface area contributed by atoms with Crippen molar-refractivity contribution < 1.29 is 13.2 Å². The quantitative estimate of drug-likeness (QED) is 0.212. The maximum atomic E-state index is 11.5. The van der Waals surface area contributed by atoms with Crippen LogP contribution in [0.5, 0.6) is 0 Å². The van der Waals surface area contributed by atoms with Crippen molar-refractivity contribution in [3.63, 3.8) is 0 Å². The van der Waals surface area contributed by atoms with Gasteiger partial charge in [0.2, 0.25) is 10.0 Å². The fraction of sp³-hybridized carbons (Fsp3) is 0.632. The van der Waals surface area contributed by atoms with E-state index < -0.39 is 10.0 Å². The molecule has 1 heterocycles. The van der Waals surface area contributed by atoms with Crippen LogP contribution in [0.3, 0.4) is 0 Å². The Hall–Kier alpha value is -0.910. The van der Waals surface area contributed by atoms with Crippen LogP contribution in [0.2, 0.25) is 0 Å². The van der Waals surface area contributed by atoms with Crippen molar-refractivity contribution in [1.29, 1.82) is 0 Å². The van der Waals surface area contributed by atoms with E-state index in [0.717, 1.165) is 38.6 Å². The molecule has 1 saturated heterocycles. The first-order valence-electron chi connectivity index (χ1n) is 9.66. The van der Waals surface area contributed by atoms with Crippen LogP contribution in [-0.2, 0) is 21.4 Å². The highest BCUT2D eigenvalue weighted by Crippen LogP contribution is 2.17. The fourth-order valence-corrected chi connectivity index (χ4v) is 3.58. The molecule has 1 aliphatic rings. The summed E-state index contributed by atoms with van der Waals surface area (Å²) in [6.07, 6.45) is 1.07. The summed E-state index contributed by atoms with van der Waals surface area (Å²) in [6.45, 7) is 8.41. The van der Waals surface area contributed by atoms with E-state index in [1.807, 2.05) is 25.1 Å². The van der Waals surface area contributed by atoms with Crippen LogP contribution in [0.15, 0.2) is 35.3 Å². The second kappa shape index (κ2) is 13.3. The van der Waals surface area contributed by atoms with Crippen LogP contribution in [0.1, 0.15) is 25.8 Å². The third kappa shape index (κ3) is 9.06. The second-order valence-corrected chi connectivity index (χ2v) is 8.73. The Balaban J connectivity index is 0.00000392. The molecule has 0 spiro atoms. The van der Waals surface area contributed by atoms with Gasteiger partial charge >= 0.3 is 0 Å². The lowest BCUT2D eigenvalue weighted by Gasteiger charge is -2.21. The number of nitrogens with zero attached hydrogens (tertiary/aromatic N) is 2. The molecule has 2 N–H and O–H groups in total. The van der Waals surface area contributed by atoms with Gasteiger partial charge in [-0.2, -0.15) is 0 Å². The largest absolute Gasteiger partial charge is 0.376 e. The number of halogens is 1. The summed E-state index contributed by atoms with van der Waals surface area (Å²) in [4.78, 5) is 6.79. The molecule has 1 unspecified atom stereocenters. The third-order valence-corrected chi connectivity index (χ3v) is 5.86. The van der Waals surface area contributed by atoms with Gasteiger partial charge in [-0.25, -0.2) is 13.1 Å². The number of sulfonamides is 1. The van der Waals surface area contributed by atoms with Crippen LogP contribution in [0.25, 0.3) is 0 Å². The molecule has 2 rings (SSSR count). The Morgan fingerprint density at radius 2 is 2.04 bits per heavy atom. The topological polar surface area (TPSA) is 83.0 Å². The molecule has 28 heavy (non-hydrogen) atoms. The van der Waals surface area contributed by atoms with Crippen molar-refractivity contribution in [3.05, 3.63) is 35.9 Å². The zero-order valence-electron chi connectivity index (χ0n) is 16.8. The smallest absolute Gasteiger partial charge is 0.211 e. The zero-order chi connectivity index (χ0) is 19.5. The summed E-state index contributed by atoms with van der Waals surface area (Å²) in [7, 11) is -3.16. The van der Waals surface area contributed by atoms with Gasteiger partial charge in [-0.15, -0.1) is 24.0 Å². The van der Waals surface area contributed by atoms with E-state index in [1.165, 1.54) is 5.56 Å². The molecular formula is C19H33IN4O3S. The van der Waals surface area contributed by atoms with Gasteiger partial charge in [0, 0.05) is 32.1 Å². The molecule has 0 aliphatic carbocycles. The van der Waals surface area contributed by atoms with Crippen LogP contribution >= 0.6 is 24.0 Å². The number of likely N-dealkylation sites (tertiary alicyclic amines) is 1. The summed E-state index contributed by atoms with van der Waals surface area (Å²) in [6, 6.07) is 10.2. The van der Waals surface area contributed by atoms with Gasteiger partial charge in [-0.05, 0) is 25.8 Å². The number of hydrogen-bond donors (Lipinski definition) is 2. The van der Waals surface area contributed by atoms with Crippen LogP contribution < -0.4 is 10.0 Å². The lowest BCUT2D eigenvalue weighted by atomic mass is 10.1. The van der Waals surface area contributed by atoms with Crippen LogP contribution in [0.4, 0.5) is 0 Å². The summed E-state index contributed by atoms with van der Waals surface area (Å²) in [5.41, 5.74) is 1.19. The van der Waals surface area contributed by atoms with E-state index in [4.69, 9.17) is 4.74 Å². The molecule has 1 aromatic rings. The lowest BCUT2D eigenvalue weighted by Crippen LogP contribution is -2.41. The maximum Gasteiger partial charge on any atom is 0.211 e. The average molecular weight is 524 g/mol. The lowest BCUT2D eigenvalue weighted by molar-refractivity contribution is 0.0907. The maximum absolute atomic E-state index is 11.5. The van der Waals surface area contributed by atoms with Crippen molar-refractivity contribution in [2.45, 2.75) is 26.9 Å². The molecule has 1 fully saturated rings. The Kier molecular flexibility index (Phi) is 12.0. The molecule has 1 aromatic carbocycles. The van der Waals surface area contributed by atoms with E-state index in [1.54, 1.807) is 6.92 Å². The van der Waals surface area contributed by atoms with Crippen molar-refractivity contribution in [2.24, 2.45) is 10.9 Å². The van der Waals surface area contributed by atoms with Crippen molar-refractivity contribution in [1.82, 2.24) is 14.9 Å². The van der Waals surface area contributed by atoms with Crippen molar-refractivity contribution in [2.75, 3.05) is 45.1 Å². The first-order valence-corrected chi connectivity index (χ1v) is 11.3. The Morgan fingerprint density at radius 1 is 1.29 bits per heavy atom. The molecule has 0 aromatic heterocycles. The standard InChI is InChI=1S/C19H32N4O3S.HI/c1-3-20-19(21-11-12-22-27(24,25)4-2)23-13-10-18(14-23)16-26-15-17-8-6-5-7-9-17;/h5-9,18,22H,3-4,10-16H2,1-2H3,(H,20,21);1H. The molecular weight excluding hydrogens is 491 g/mol. The molecule has 0 saturated carbocycles. The minimum Gasteiger partial charge on any atom is -0.376 e. The first kappa shape index (κ1) is 25.1. The molecule has 7 nitrogen and oxygen atoms in total. The predicted molar refractivity (Wildman–Crippen MR) is 125 cm³/mol. The van der Waals surface area contributed by atoms with E-state index in [2.05, 4.69) is 32.1 Å². The molecule has 1 aliphatic heterocycles. The Labute approximate surface area is 186 Å². The van der Waals surface area contributed by atoms with Gasteiger partial charge in [0.15, 0.2) is 5.96 Å². The minimum atomic E-state index is -3.16. The summed E-state index contributed by atoms with van der Waals surface area (Å²) in [5, 5.41) is 3.30. The van der Waals surface area contributed by atoms with Gasteiger partial charge in [0.25, 0.3) is 0 Å². The van der Waals surface area contributed by atoms with Gasteiger partial charge in [-0.3, -0.25) is 4.99 Å².